The first-order chi connectivity index (χ1) is 7.47. The van der Waals surface area contributed by atoms with Crippen molar-refractivity contribution in [3.8, 4) is 5.75 Å². The minimum atomic E-state index is -0.986. The third-order valence-electron chi connectivity index (χ3n) is 1.69. The second kappa shape index (κ2) is 7.34. The van der Waals surface area contributed by atoms with E-state index in [0.717, 1.165) is 18.5 Å². The average Bonchev–Trinajstić information content (AvgIpc) is 2.19. The number of rotatable bonds is 3. The van der Waals surface area contributed by atoms with E-state index in [4.69, 9.17) is 15.9 Å². The molecule has 0 unspecified atom stereocenters. The summed E-state index contributed by atoms with van der Waals surface area (Å²) in [5, 5.41) is 17.1. The molecule has 16 heavy (non-hydrogen) atoms. The molecule has 1 aromatic rings. The van der Waals surface area contributed by atoms with Crippen LogP contribution in [-0.4, -0.2) is 16.2 Å². The molecule has 0 saturated heterocycles. The topological polar surface area (TPSA) is 83.6 Å². The molecular formula is C12H17NO3. The zero-order chi connectivity index (χ0) is 12.6. The predicted molar refractivity (Wildman–Crippen MR) is 63.3 cm³/mol. The van der Waals surface area contributed by atoms with Crippen LogP contribution < -0.4 is 5.73 Å². The molecule has 1 aromatic carbocycles. The van der Waals surface area contributed by atoms with Gasteiger partial charge in [-0.3, -0.25) is 0 Å². The van der Waals surface area contributed by atoms with E-state index in [-0.39, 0.29) is 11.3 Å². The highest BCUT2D eigenvalue weighted by Crippen LogP contribution is 2.08. The van der Waals surface area contributed by atoms with Gasteiger partial charge in [-0.05, 0) is 30.7 Å². The number of allylic oxidation sites excluding steroid dienone is 1. The second-order valence-corrected chi connectivity index (χ2v) is 3.26. The standard InChI is InChI=1S/C7H6O3.C5H11N/c8-6-3-1-5(2-4-6)7(9)10;1-3-4-5(2)6/h1-4,8H,(H,9,10);2-4,6H2,1H3. The van der Waals surface area contributed by atoms with Gasteiger partial charge < -0.3 is 15.9 Å². The number of carbonyl (C=O) groups is 1. The van der Waals surface area contributed by atoms with Crippen LogP contribution in [0.4, 0.5) is 0 Å². The third-order valence-corrected chi connectivity index (χ3v) is 1.69. The van der Waals surface area contributed by atoms with Gasteiger partial charge in [0.15, 0.2) is 0 Å². The Morgan fingerprint density at radius 3 is 2.12 bits per heavy atom. The summed E-state index contributed by atoms with van der Waals surface area (Å²) < 4.78 is 0. The summed E-state index contributed by atoms with van der Waals surface area (Å²) in [7, 11) is 0. The lowest BCUT2D eigenvalue weighted by molar-refractivity contribution is 0.0697. The van der Waals surface area contributed by atoms with E-state index in [1.165, 1.54) is 24.3 Å². The lowest BCUT2D eigenvalue weighted by atomic mass is 10.2. The van der Waals surface area contributed by atoms with Gasteiger partial charge >= 0.3 is 5.97 Å². The van der Waals surface area contributed by atoms with E-state index >= 15 is 0 Å². The van der Waals surface area contributed by atoms with E-state index in [9.17, 15) is 4.79 Å². The van der Waals surface area contributed by atoms with E-state index in [2.05, 4.69) is 13.5 Å². The molecule has 1 rings (SSSR count). The van der Waals surface area contributed by atoms with Crippen molar-refractivity contribution in [3.63, 3.8) is 0 Å². The normalized spacial score (nSPS) is 8.81. The number of carboxylic acids is 1. The van der Waals surface area contributed by atoms with Gasteiger partial charge in [-0.2, -0.15) is 0 Å². The van der Waals surface area contributed by atoms with E-state index < -0.39 is 5.97 Å². The molecule has 0 radical (unpaired) electrons. The Hall–Kier alpha value is -1.97. The maximum Gasteiger partial charge on any atom is 0.335 e. The first kappa shape index (κ1) is 14.0. The van der Waals surface area contributed by atoms with Crippen LogP contribution in [0, 0.1) is 0 Å². The van der Waals surface area contributed by atoms with Crippen LogP contribution in [0.3, 0.4) is 0 Å². The smallest absolute Gasteiger partial charge is 0.335 e. The first-order valence-electron chi connectivity index (χ1n) is 4.93. The molecule has 0 heterocycles. The average molecular weight is 223 g/mol. The fourth-order valence-corrected chi connectivity index (χ4v) is 0.925. The van der Waals surface area contributed by atoms with Crippen LogP contribution in [0.1, 0.15) is 30.1 Å². The fraction of sp³-hybridized carbons (Fsp3) is 0.250. The van der Waals surface area contributed by atoms with Gasteiger partial charge in [0.2, 0.25) is 0 Å². The Bertz CT molecular complexity index is 344. The number of phenols is 1. The highest BCUT2D eigenvalue weighted by atomic mass is 16.4. The number of benzene rings is 1. The maximum absolute atomic E-state index is 10.2. The van der Waals surface area contributed by atoms with E-state index in [0.29, 0.717) is 0 Å². The Morgan fingerprint density at radius 1 is 1.38 bits per heavy atom. The number of phenolic OH excluding ortho intramolecular Hbond substituents is 1. The Morgan fingerprint density at radius 2 is 1.88 bits per heavy atom. The molecule has 0 aromatic heterocycles. The van der Waals surface area contributed by atoms with Gasteiger partial charge in [-0.15, -0.1) is 0 Å². The van der Waals surface area contributed by atoms with Crippen molar-refractivity contribution >= 4 is 5.97 Å². The van der Waals surface area contributed by atoms with Crippen molar-refractivity contribution in [2.24, 2.45) is 5.73 Å². The van der Waals surface area contributed by atoms with Crippen LogP contribution >= 0.6 is 0 Å². The second-order valence-electron chi connectivity index (χ2n) is 3.26. The Balaban J connectivity index is 0.000000325. The number of aromatic hydroxyl groups is 1. The van der Waals surface area contributed by atoms with Crippen molar-refractivity contribution in [2.75, 3.05) is 0 Å². The maximum atomic E-state index is 10.2. The van der Waals surface area contributed by atoms with Crippen LogP contribution in [0.15, 0.2) is 36.5 Å². The molecule has 0 spiro atoms. The minimum absolute atomic E-state index is 0.0741. The van der Waals surface area contributed by atoms with Crippen molar-refractivity contribution in [2.45, 2.75) is 19.8 Å². The highest BCUT2D eigenvalue weighted by Gasteiger charge is 1.99. The monoisotopic (exact) mass is 223 g/mol. The largest absolute Gasteiger partial charge is 0.508 e. The zero-order valence-electron chi connectivity index (χ0n) is 9.31. The summed E-state index contributed by atoms with van der Waals surface area (Å²) in [5.41, 5.74) is 6.18. The summed E-state index contributed by atoms with van der Waals surface area (Å²) in [6, 6.07) is 5.36. The van der Waals surface area contributed by atoms with Gasteiger partial charge in [0.1, 0.15) is 5.75 Å². The van der Waals surface area contributed by atoms with Crippen molar-refractivity contribution in [3.05, 3.63) is 42.1 Å². The third kappa shape index (κ3) is 6.48. The zero-order valence-corrected chi connectivity index (χ0v) is 9.31. The molecule has 4 nitrogen and oxygen atoms in total. The number of aromatic carboxylic acids is 1. The number of hydrogen-bond donors (Lipinski definition) is 3. The van der Waals surface area contributed by atoms with Gasteiger partial charge in [-0.25, -0.2) is 4.79 Å². The molecule has 0 fully saturated rings. The molecule has 0 bridgehead atoms. The summed E-state index contributed by atoms with van der Waals surface area (Å²) in [4.78, 5) is 10.2. The fourth-order valence-electron chi connectivity index (χ4n) is 0.925. The molecule has 0 saturated carbocycles. The van der Waals surface area contributed by atoms with Crippen LogP contribution in [-0.2, 0) is 0 Å². The Labute approximate surface area is 95.0 Å². The molecule has 88 valence electrons. The number of carboxylic acid groups (broad SMARTS) is 1. The van der Waals surface area contributed by atoms with Crippen molar-refractivity contribution < 1.29 is 15.0 Å². The van der Waals surface area contributed by atoms with Crippen LogP contribution in [0.25, 0.3) is 0 Å². The SMILES string of the molecule is C=C(N)CCC.O=C(O)c1ccc(O)cc1. The lowest BCUT2D eigenvalue weighted by Gasteiger charge is -1.92. The summed E-state index contributed by atoms with van der Waals surface area (Å²) in [6.45, 7) is 5.60. The van der Waals surface area contributed by atoms with Crippen LogP contribution in [0.2, 0.25) is 0 Å². The van der Waals surface area contributed by atoms with E-state index in [1.54, 1.807) is 0 Å². The van der Waals surface area contributed by atoms with Gasteiger partial charge in [0, 0.05) is 5.70 Å². The summed E-state index contributed by atoms with van der Waals surface area (Å²) in [6.07, 6.45) is 2.06. The predicted octanol–water partition coefficient (Wildman–Crippen LogP) is 2.35. The molecule has 0 aliphatic rings. The molecule has 0 aliphatic heterocycles. The van der Waals surface area contributed by atoms with E-state index in [1.807, 2.05) is 0 Å². The molecular weight excluding hydrogens is 206 g/mol. The molecule has 4 N–H and O–H groups in total. The summed E-state index contributed by atoms with van der Waals surface area (Å²) in [5.74, 6) is -0.912. The van der Waals surface area contributed by atoms with Crippen molar-refractivity contribution in [1.82, 2.24) is 0 Å². The van der Waals surface area contributed by atoms with Gasteiger partial charge in [0.25, 0.3) is 0 Å². The van der Waals surface area contributed by atoms with Gasteiger partial charge in [0.05, 0.1) is 5.56 Å². The van der Waals surface area contributed by atoms with Crippen molar-refractivity contribution in [1.29, 1.82) is 0 Å². The number of hydrogen-bond acceptors (Lipinski definition) is 3. The molecule has 0 atom stereocenters. The Kier molecular flexibility index (Phi) is 6.43. The molecule has 0 aliphatic carbocycles. The summed E-state index contributed by atoms with van der Waals surface area (Å²) >= 11 is 0. The quantitative estimate of drug-likeness (QED) is 0.734. The minimum Gasteiger partial charge on any atom is -0.508 e. The lowest BCUT2D eigenvalue weighted by Crippen LogP contribution is -1.93. The first-order valence-corrected chi connectivity index (χ1v) is 4.93. The number of nitrogens with two attached hydrogens (primary N) is 1. The molecule has 4 heteroatoms. The molecule has 0 amide bonds. The van der Waals surface area contributed by atoms with Gasteiger partial charge in [-0.1, -0.05) is 19.9 Å². The van der Waals surface area contributed by atoms with Crippen LogP contribution in [0.5, 0.6) is 5.75 Å². The highest BCUT2D eigenvalue weighted by molar-refractivity contribution is 5.87.